The average Bonchev–Trinajstić information content (AvgIpc) is 2.94. The molecular weight excluding hydrogens is 376 g/mol. The monoisotopic (exact) mass is 400 g/mol. The molecule has 0 bridgehead atoms. The molecule has 0 spiro atoms. The Morgan fingerprint density at radius 3 is 2.61 bits per heavy atom. The molecule has 3 rings (SSSR count). The third kappa shape index (κ3) is 3.21. The first-order valence-corrected chi connectivity index (χ1v) is 9.38. The lowest BCUT2D eigenvalue weighted by molar-refractivity contribution is -0.314. The molecule has 1 N–H and O–H groups in total. The van der Waals surface area contributed by atoms with Crippen LogP contribution < -0.4 is 0 Å². The molecule has 1 saturated carbocycles. The highest BCUT2D eigenvalue weighted by atomic mass is 19.4. The highest BCUT2D eigenvalue weighted by Gasteiger charge is 2.69. The van der Waals surface area contributed by atoms with Crippen LogP contribution in [-0.4, -0.2) is 33.6 Å². The zero-order valence-corrected chi connectivity index (χ0v) is 16.1. The molecule has 1 fully saturated rings. The number of carbonyl (C=O) groups is 1. The van der Waals surface area contributed by atoms with Crippen molar-refractivity contribution in [2.45, 2.75) is 58.4 Å². The fourth-order valence-electron chi connectivity index (χ4n) is 4.16. The van der Waals surface area contributed by atoms with Crippen LogP contribution in [0.15, 0.2) is 29.4 Å². The van der Waals surface area contributed by atoms with Gasteiger partial charge in [-0.1, -0.05) is 33.3 Å². The van der Waals surface area contributed by atoms with Gasteiger partial charge in [0.15, 0.2) is 0 Å². The number of fused-ring (bicyclic) bond motifs is 1. The van der Waals surface area contributed by atoms with Crippen molar-refractivity contribution in [1.29, 1.82) is 0 Å². The van der Waals surface area contributed by atoms with E-state index in [4.69, 9.17) is 0 Å². The van der Waals surface area contributed by atoms with Crippen LogP contribution in [0.4, 0.5) is 17.6 Å². The van der Waals surface area contributed by atoms with Crippen molar-refractivity contribution in [3.8, 4) is 0 Å². The van der Waals surface area contributed by atoms with Crippen LogP contribution in [0.1, 0.15) is 56.8 Å². The van der Waals surface area contributed by atoms with E-state index in [1.807, 2.05) is 20.8 Å². The molecule has 0 unspecified atom stereocenters. The minimum atomic E-state index is -5.11. The third-order valence-electron chi connectivity index (χ3n) is 6.41. The van der Waals surface area contributed by atoms with Gasteiger partial charge in [0.05, 0.1) is 5.92 Å². The third-order valence-corrected chi connectivity index (χ3v) is 6.41. The Kier molecular flexibility index (Phi) is 5.06. The highest BCUT2D eigenvalue weighted by molar-refractivity contribution is 5.99. The van der Waals surface area contributed by atoms with Crippen molar-refractivity contribution in [1.82, 2.24) is 5.01 Å². The first-order valence-electron chi connectivity index (χ1n) is 9.38. The second-order valence-electron chi connectivity index (χ2n) is 8.31. The molecule has 0 radical (unpaired) electrons. The molecule has 1 aliphatic heterocycles. The zero-order valence-electron chi connectivity index (χ0n) is 16.1. The van der Waals surface area contributed by atoms with Gasteiger partial charge in [-0.3, -0.25) is 4.79 Å². The Balaban J connectivity index is 2.01. The van der Waals surface area contributed by atoms with E-state index in [9.17, 15) is 27.5 Å². The maximum absolute atomic E-state index is 14.0. The van der Waals surface area contributed by atoms with Gasteiger partial charge < -0.3 is 5.11 Å². The summed E-state index contributed by atoms with van der Waals surface area (Å²) in [7, 11) is 0. The number of nitrogens with zero attached hydrogens (tertiary/aromatic N) is 2. The summed E-state index contributed by atoms with van der Waals surface area (Å²) in [5.74, 6) is -3.29. The van der Waals surface area contributed by atoms with Crippen molar-refractivity contribution >= 4 is 11.6 Å². The molecule has 0 saturated heterocycles. The van der Waals surface area contributed by atoms with Crippen molar-refractivity contribution in [2.24, 2.45) is 22.4 Å². The molecule has 2 aliphatic rings. The van der Waals surface area contributed by atoms with Crippen molar-refractivity contribution in [2.75, 3.05) is 0 Å². The predicted octanol–water partition coefficient (Wildman–Crippen LogP) is 4.74. The van der Waals surface area contributed by atoms with Gasteiger partial charge in [-0.05, 0) is 48.8 Å². The second kappa shape index (κ2) is 6.83. The summed E-state index contributed by atoms with van der Waals surface area (Å²) in [6.45, 7) is 5.97. The fraction of sp³-hybridized carbons (Fsp3) is 0.600. The summed E-state index contributed by atoms with van der Waals surface area (Å²) in [6.07, 6.45) is -3.31. The van der Waals surface area contributed by atoms with E-state index in [2.05, 4.69) is 5.10 Å². The van der Waals surface area contributed by atoms with E-state index in [1.165, 1.54) is 12.1 Å². The molecule has 154 valence electrons. The van der Waals surface area contributed by atoms with E-state index in [-0.39, 0.29) is 40.5 Å². The van der Waals surface area contributed by atoms with E-state index < -0.39 is 29.5 Å². The van der Waals surface area contributed by atoms with Crippen molar-refractivity contribution in [3.05, 3.63) is 35.6 Å². The maximum Gasteiger partial charge on any atom is 0.439 e. The van der Waals surface area contributed by atoms with E-state index >= 15 is 0 Å². The van der Waals surface area contributed by atoms with Gasteiger partial charge >= 0.3 is 6.18 Å². The molecule has 1 aliphatic carbocycles. The lowest BCUT2D eigenvalue weighted by Crippen LogP contribution is -2.62. The van der Waals surface area contributed by atoms with Gasteiger partial charge in [0.1, 0.15) is 5.82 Å². The lowest BCUT2D eigenvalue weighted by atomic mass is 9.64. The summed E-state index contributed by atoms with van der Waals surface area (Å²) in [6, 6.07) is 4.35. The predicted molar refractivity (Wildman–Crippen MR) is 95.9 cm³/mol. The number of amides is 1. The first kappa shape index (κ1) is 20.8. The van der Waals surface area contributed by atoms with Gasteiger partial charge in [0, 0.05) is 11.3 Å². The summed E-state index contributed by atoms with van der Waals surface area (Å²) in [5.41, 5.74) is -3.75. The van der Waals surface area contributed by atoms with Gasteiger partial charge in [-0.2, -0.15) is 23.3 Å². The molecule has 8 heteroatoms. The second-order valence-corrected chi connectivity index (χ2v) is 8.31. The topological polar surface area (TPSA) is 52.9 Å². The Labute approximate surface area is 161 Å². The normalized spacial score (nSPS) is 28.1. The fourth-order valence-corrected chi connectivity index (χ4v) is 4.16. The molecule has 4 nitrogen and oxygen atoms in total. The number of carbonyl (C=O) groups excluding carboxylic acids is 1. The number of alkyl halides is 3. The highest BCUT2D eigenvalue weighted by Crippen LogP contribution is 2.52. The molecule has 3 atom stereocenters. The molecule has 1 aromatic rings. The summed E-state index contributed by atoms with van der Waals surface area (Å²) >= 11 is 0. The van der Waals surface area contributed by atoms with Crippen LogP contribution in [-0.2, 0) is 0 Å². The first-order chi connectivity index (χ1) is 12.9. The van der Waals surface area contributed by atoms with Crippen LogP contribution in [0, 0.1) is 23.1 Å². The molecular formula is C20H24F4N2O2. The van der Waals surface area contributed by atoms with Gasteiger partial charge in [0.2, 0.25) is 0 Å². The molecule has 0 aromatic heterocycles. The minimum absolute atomic E-state index is 0.0421. The largest absolute Gasteiger partial charge is 0.439 e. The smallest absolute Gasteiger partial charge is 0.362 e. The maximum atomic E-state index is 14.0. The Bertz CT molecular complexity index is 806. The van der Waals surface area contributed by atoms with E-state index in [0.29, 0.717) is 6.42 Å². The number of aliphatic hydroxyl groups is 1. The average molecular weight is 400 g/mol. The molecule has 1 heterocycles. The number of benzene rings is 1. The summed E-state index contributed by atoms with van der Waals surface area (Å²) in [5, 5.41) is 14.8. The zero-order chi connectivity index (χ0) is 20.9. The standard InChI is InChI=1S/C20H24F4N2O2/c1-4-18(2,3)13-8-9-16-15(11-13)19(28,20(22,23)24)26(25-16)17(27)12-6-5-7-14(21)10-12/h5-7,10,13,15,28H,4,8-9,11H2,1-3H3/t13-,15-,19+/m1/s1. The van der Waals surface area contributed by atoms with Crippen LogP contribution in [0.25, 0.3) is 0 Å². The summed E-state index contributed by atoms with van der Waals surface area (Å²) in [4.78, 5) is 12.7. The van der Waals surface area contributed by atoms with Gasteiger partial charge in [0.25, 0.3) is 11.6 Å². The van der Waals surface area contributed by atoms with Crippen molar-refractivity contribution in [3.63, 3.8) is 0 Å². The van der Waals surface area contributed by atoms with E-state index in [0.717, 1.165) is 18.6 Å². The van der Waals surface area contributed by atoms with E-state index in [1.54, 1.807) is 0 Å². The van der Waals surface area contributed by atoms with Crippen LogP contribution in [0.3, 0.4) is 0 Å². The number of halogens is 4. The number of hydrazone groups is 1. The molecule has 1 aromatic carbocycles. The van der Waals surface area contributed by atoms with Crippen LogP contribution in [0.5, 0.6) is 0 Å². The number of rotatable bonds is 3. The van der Waals surface area contributed by atoms with Crippen LogP contribution in [0.2, 0.25) is 0 Å². The van der Waals surface area contributed by atoms with Gasteiger partial charge in [-0.25, -0.2) is 4.39 Å². The van der Waals surface area contributed by atoms with Gasteiger partial charge in [-0.15, -0.1) is 0 Å². The quantitative estimate of drug-likeness (QED) is 0.745. The summed E-state index contributed by atoms with van der Waals surface area (Å²) < 4.78 is 55.6. The SMILES string of the molecule is CCC(C)(C)[C@@H]1CCC2=NN(C(=O)c3cccc(F)c3)[C@@](O)(C(F)(F)F)[C@@H]2C1. The number of hydrogen-bond acceptors (Lipinski definition) is 3. The Morgan fingerprint density at radius 2 is 2.04 bits per heavy atom. The number of hydrogen-bond donors (Lipinski definition) is 1. The minimum Gasteiger partial charge on any atom is -0.362 e. The molecule has 28 heavy (non-hydrogen) atoms. The molecule has 1 amide bonds. The Morgan fingerprint density at radius 1 is 1.36 bits per heavy atom. The lowest BCUT2D eigenvalue weighted by Gasteiger charge is -2.43. The van der Waals surface area contributed by atoms with Crippen LogP contribution >= 0.6 is 0 Å². The Hall–Kier alpha value is -1.96. The van der Waals surface area contributed by atoms with Crippen molar-refractivity contribution < 1.29 is 27.5 Å².